The Hall–Kier alpha value is -0.110. The smallest absolute Gasteiger partial charge is 0.246 e. The van der Waals surface area contributed by atoms with E-state index in [4.69, 9.17) is 5.73 Å². The van der Waals surface area contributed by atoms with Crippen molar-refractivity contribution >= 4 is 47.6 Å². The molecule has 1 heterocycles. The fourth-order valence-electron chi connectivity index (χ4n) is 2.57. The highest BCUT2D eigenvalue weighted by Crippen LogP contribution is 2.37. The van der Waals surface area contributed by atoms with E-state index >= 15 is 0 Å². The summed E-state index contributed by atoms with van der Waals surface area (Å²) in [5, 5.41) is 0. The van der Waals surface area contributed by atoms with Crippen LogP contribution >= 0.6 is 31.9 Å². The molecule has 0 aromatic heterocycles. The zero-order chi connectivity index (χ0) is 14.4. The van der Waals surface area contributed by atoms with Gasteiger partial charge in [0, 0.05) is 21.5 Å². The number of rotatable bonds is 2. The van der Waals surface area contributed by atoms with Gasteiger partial charge in [0.1, 0.15) is 4.90 Å². The molecule has 2 unspecified atom stereocenters. The topological polar surface area (TPSA) is 63.4 Å². The van der Waals surface area contributed by atoms with E-state index in [-0.39, 0.29) is 16.6 Å². The number of nitrogen functional groups attached to an aromatic ring is 1. The summed E-state index contributed by atoms with van der Waals surface area (Å²) in [4.78, 5) is 0.164. The van der Waals surface area contributed by atoms with Gasteiger partial charge in [-0.1, -0.05) is 22.9 Å². The molecule has 2 atom stereocenters. The Bertz CT molecular complexity index is 581. The van der Waals surface area contributed by atoms with Gasteiger partial charge in [0.2, 0.25) is 10.0 Å². The fraction of sp³-hybridized carbons (Fsp3) is 0.500. The predicted octanol–water partition coefficient (Wildman–Crippen LogP) is 3.21. The molecule has 0 bridgehead atoms. The van der Waals surface area contributed by atoms with Crippen LogP contribution in [0.2, 0.25) is 0 Å². The van der Waals surface area contributed by atoms with Gasteiger partial charge in [-0.3, -0.25) is 0 Å². The summed E-state index contributed by atoms with van der Waals surface area (Å²) >= 11 is 6.60. The van der Waals surface area contributed by atoms with Crippen LogP contribution in [0.15, 0.2) is 26.0 Å². The molecule has 0 radical (unpaired) electrons. The minimum Gasteiger partial charge on any atom is -0.398 e. The molecule has 19 heavy (non-hydrogen) atoms. The second kappa shape index (κ2) is 5.35. The Kier molecular flexibility index (Phi) is 4.30. The maximum atomic E-state index is 12.7. The summed E-state index contributed by atoms with van der Waals surface area (Å²) in [6.07, 6.45) is 0.882. The molecular weight excluding hydrogens is 396 g/mol. The van der Waals surface area contributed by atoms with Gasteiger partial charge >= 0.3 is 0 Å². The number of hydrogen-bond acceptors (Lipinski definition) is 3. The highest BCUT2D eigenvalue weighted by Gasteiger charge is 2.38. The van der Waals surface area contributed by atoms with Crippen molar-refractivity contribution in [3.8, 4) is 0 Å². The normalized spacial score (nSPS) is 24.8. The van der Waals surface area contributed by atoms with E-state index in [2.05, 4.69) is 38.8 Å². The standard InChI is InChI=1S/C12H16Br2N2O2S/c1-7-3-8(2)16(6-7)19(17,18)12-10(14)4-9(13)5-11(12)15/h4-5,7-8H,3,6,15H2,1-2H3. The summed E-state index contributed by atoms with van der Waals surface area (Å²) in [5.74, 6) is 0.375. The van der Waals surface area contributed by atoms with E-state index < -0.39 is 10.0 Å². The van der Waals surface area contributed by atoms with Crippen molar-refractivity contribution < 1.29 is 8.42 Å². The molecule has 7 heteroatoms. The number of halogens is 2. The number of anilines is 1. The van der Waals surface area contributed by atoms with Gasteiger partial charge in [0.25, 0.3) is 0 Å². The van der Waals surface area contributed by atoms with Crippen LogP contribution in [0, 0.1) is 5.92 Å². The van der Waals surface area contributed by atoms with Crippen LogP contribution in [0.25, 0.3) is 0 Å². The second-order valence-corrected chi connectivity index (χ2v) is 8.67. The fourth-order valence-corrected chi connectivity index (χ4v) is 6.35. The average Bonchev–Trinajstić information content (AvgIpc) is 2.56. The van der Waals surface area contributed by atoms with E-state index in [1.165, 1.54) is 0 Å². The minimum absolute atomic E-state index is 0.00921. The Morgan fingerprint density at radius 1 is 1.32 bits per heavy atom. The van der Waals surface area contributed by atoms with Gasteiger partial charge in [0.05, 0.1) is 5.69 Å². The summed E-state index contributed by atoms with van der Waals surface area (Å²) in [7, 11) is -3.56. The number of sulfonamides is 1. The molecule has 0 amide bonds. The molecule has 1 aromatic carbocycles. The molecule has 106 valence electrons. The third kappa shape index (κ3) is 2.84. The first kappa shape index (κ1) is 15.3. The molecule has 1 saturated heterocycles. The van der Waals surface area contributed by atoms with Gasteiger partial charge in [-0.2, -0.15) is 4.31 Å². The predicted molar refractivity (Wildman–Crippen MR) is 83.4 cm³/mol. The van der Waals surface area contributed by atoms with E-state index in [1.54, 1.807) is 16.4 Å². The number of benzene rings is 1. The number of nitrogens with two attached hydrogens (primary N) is 1. The molecule has 2 N–H and O–H groups in total. The number of nitrogens with zero attached hydrogens (tertiary/aromatic N) is 1. The lowest BCUT2D eigenvalue weighted by atomic mass is 10.1. The van der Waals surface area contributed by atoms with Crippen molar-refractivity contribution in [2.24, 2.45) is 5.92 Å². The lowest BCUT2D eigenvalue weighted by molar-refractivity contribution is 0.405. The van der Waals surface area contributed by atoms with Crippen LogP contribution in [0.3, 0.4) is 0 Å². The summed E-state index contributed by atoms with van der Waals surface area (Å²) in [6.45, 7) is 4.54. The van der Waals surface area contributed by atoms with Crippen LogP contribution in [0.1, 0.15) is 20.3 Å². The van der Waals surface area contributed by atoms with Gasteiger partial charge in [-0.25, -0.2) is 8.42 Å². The van der Waals surface area contributed by atoms with Crippen molar-refractivity contribution in [3.63, 3.8) is 0 Å². The maximum absolute atomic E-state index is 12.7. The molecular formula is C12H16Br2N2O2S. The Balaban J connectivity index is 2.52. The summed E-state index contributed by atoms with van der Waals surface area (Å²) in [5.41, 5.74) is 6.15. The van der Waals surface area contributed by atoms with Crippen molar-refractivity contribution in [2.75, 3.05) is 12.3 Å². The zero-order valence-corrected chi connectivity index (χ0v) is 14.7. The molecule has 1 aromatic rings. The largest absolute Gasteiger partial charge is 0.398 e. The van der Waals surface area contributed by atoms with E-state index in [0.29, 0.717) is 16.9 Å². The highest BCUT2D eigenvalue weighted by atomic mass is 79.9. The van der Waals surface area contributed by atoms with Crippen LogP contribution in [-0.2, 0) is 10.0 Å². The van der Waals surface area contributed by atoms with Gasteiger partial charge in [-0.05, 0) is 47.3 Å². The van der Waals surface area contributed by atoms with Gasteiger partial charge in [-0.15, -0.1) is 0 Å². The summed E-state index contributed by atoms with van der Waals surface area (Å²) < 4.78 is 28.3. The molecule has 4 nitrogen and oxygen atoms in total. The molecule has 0 spiro atoms. The SMILES string of the molecule is CC1CC(C)N(S(=O)(=O)c2c(N)cc(Br)cc2Br)C1. The van der Waals surface area contributed by atoms with Crippen LogP contribution in [0.5, 0.6) is 0 Å². The van der Waals surface area contributed by atoms with E-state index in [0.717, 1.165) is 10.9 Å². The van der Waals surface area contributed by atoms with Gasteiger partial charge < -0.3 is 5.73 Å². The average molecular weight is 412 g/mol. The van der Waals surface area contributed by atoms with E-state index in [9.17, 15) is 8.42 Å². The van der Waals surface area contributed by atoms with Crippen LogP contribution in [0.4, 0.5) is 5.69 Å². The first-order chi connectivity index (χ1) is 8.73. The van der Waals surface area contributed by atoms with Crippen molar-refractivity contribution in [1.82, 2.24) is 4.31 Å². The molecule has 1 aliphatic rings. The van der Waals surface area contributed by atoms with Crippen molar-refractivity contribution in [3.05, 3.63) is 21.1 Å². The zero-order valence-electron chi connectivity index (χ0n) is 10.7. The quantitative estimate of drug-likeness (QED) is 0.760. The monoisotopic (exact) mass is 410 g/mol. The molecule has 1 fully saturated rings. The van der Waals surface area contributed by atoms with Gasteiger partial charge in [0.15, 0.2) is 0 Å². The number of hydrogen-bond donors (Lipinski definition) is 1. The van der Waals surface area contributed by atoms with Crippen LogP contribution < -0.4 is 5.73 Å². The third-order valence-corrected chi connectivity index (χ3v) is 6.77. The van der Waals surface area contributed by atoms with Crippen molar-refractivity contribution in [1.29, 1.82) is 0 Å². The summed E-state index contributed by atoms with van der Waals surface area (Å²) in [6, 6.07) is 3.32. The van der Waals surface area contributed by atoms with Crippen LogP contribution in [-0.4, -0.2) is 25.3 Å². The van der Waals surface area contributed by atoms with E-state index in [1.807, 2.05) is 6.92 Å². The first-order valence-electron chi connectivity index (χ1n) is 6.00. The minimum atomic E-state index is -3.56. The molecule has 1 aliphatic heterocycles. The first-order valence-corrected chi connectivity index (χ1v) is 9.02. The second-order valence-electron chi connectivity index (χ2n) is 5.07. The Morgan fingerprint density at radius 3 is 2.42 bits per heavy atom. The van der Waals surface area contributed by atoms with Crippen molar-refractivity contribution in [2.45, 2.75) is 31.2 Å². The molecule has 0 aliphatic carbocycles. The lowest BCUT2D eigenvalue weighted by Gasteiger charge is -2.22. The lowest BCUT2D eigenvalue weighted by Crippen LogP contribution is -2.34. The maximum Gasteiger partial charge on any atom is 0.246 e. The highest BCUT2D eigenvalue weighted by molar-refractivity contribution is 9.11. The Labute approximate surface area is 130 Å². The third-order valence-electron chi connectivity index (χ3n) is 3.33. The Morgan fingerprint density at radius 2 is 1.95 bits per heavy atom. The molecule has 0 saturated carbocycles. The molecule has 2 rings (SSSR count).